The van der Waals surface area contributed by atoms with Crippen molar-refractivity contribution in [1.82, 2.24) is 15.5 Å². The minimum Gasteiger partial charge on any atom is -0.338 e. The van der Waals surface area contributed by atoms with Crippen LogP contribution in [0.5, 0.6) is 0 Å². The topological polar surface area (TPSA) is 78.5 Å². The van der Waals surface area contributed by atoms with E-state index in [0.29, 0.717) is 25.9 Å². The summed E-state index contributed by atoms with van der Waals surface area (Å²) in [5.41, 5.74) is -0.709. The van der Waals surface area contributed by atoms with E-state index in [2.05, 4.69) is 10.6 Å². The lowest BCUT2D eigenvalue weighted by molar-refractivity contribution is -0.125. The maximum absolute atomic E-state index is 13.0. The molecular weight excluding hydrogens is 313 g/mol. The van der Waals surface area contributed by atoms with Crippen molar-refractivity contribution in [2.45, 2.75) is 18.4 Å². The number of benzene rings is 1. The minimum atomic E-state index is -0.930. The molecule has 2 N–H and O–H groups in total. The van der Waals surface area contributed by atoms with Crippen LogP contribution in [0.3, 0.4) is 0 Å². The number of piperidine rings is 1. The summed E-state index contributed by atoms with van der Waals surface area (Å²) in [6.45, 7) is 0.612. The van der Waals surface area contributed by atoms with Crippen LogP contribution >= 0.6 is 11.6 Å². The second-order valence-electron chi connectivity index (χ2n) is 5.41. The van der Waals surface area contributed by atoms with Crippen molar-refractivity contribution in [2.24, 2.45) is 0 Å². The van der Waals surface area contributed by atoms with E-state index >= 15 is 0 Å². The van der Waals surface area contributed by atoms with Crippen molar-refractivity contribution in [3.05, 3.63) is 34.6 Å². The number of hydrogen-bond donors (Lipinski definition) is 2. The van der Waals surface area contributed by atoms with E-state index in [-0.39, 0.29) is 22.4 Å². The van der Waals surface area contributed by atoms with E-state index in [0.717, 1.165) is 6.07 Å². The molecular formula is C14H13ClFN3O3. The first-order valence-electron chi connectivity index (χ1n) is 6.79. The zero-order valence-corrected chi connectivity index (χ0v) is 12.2. The molecule has 3 rings (SSSR count). The highest BCUT2D eigenvalue weighted by Crippen LogP contribution is 2.27. The Hall–Kier alpha value is -2.15. The molecule has 0 bridgehead atoms. The predicted octanol–water partition coefficient (Wildman–Crippen LogP) is 1.29. The van der Waals surface area contributed by atoms with Gasteiger partial charge in [-0.05, 0) is 31.0 Å². The summed E-state index contributed by atoms with van der Waals surface area (Å²) in [4.78, 5) is 37.1. The van der Waals surface area contributed by atoms with Crippen LogP contribution in [0.15, 0.2) is 18.2 Å². The quantitative estimate of drug-likeness (QED) is 0.764. The van der Waals surface area contributed by atoms with E-state index in [1.807, 2.05) is 0 Å². The van der Waals surface area contributed by atoms with E-state index in [4.69, 9.17) is 11.6 Å². The van der Waals surface area contributed by atoms with Gasteiger partial charge in [-0.15, -0.1) is 0 Å². The molecule has 2 fully saturated rings. The second-order valence-corrected chi connectivity index (χ2v) is 5.81. The largest absolute Gasteiger partial charge is 0.338 e. The smallest absolute Gasteiger partial charge is 0.322 e. The van der Waals surface area contributed by atoms with Crippen LogP contribution in [0.4, 0.5) is 9.18 Å². The monoisotopic (exact) mass is 325 g/mol. The Bertz CT molecular complexity index is 671. The highest BCUT2D eigenvalue weighted by atomic mass is 35.5. The molecule has 0 radical (unpaired) electrons. The molecule has 6 nitrogen and oxygen atoms in total. The van der Waals surface area contributed by atoms with Gasteiger partial charge < -0.3 is 10.2 Å². The van der Waals surface area contributed by atoms with Crippen molar-refractivity contribution >= 4 is 29.4 Å². The lowest BCUT2D eigenvalue weighted by atomic mass is 9.87. The van der Waals surface area contributed by atoms with Gasteiger partial charge >= 0.3 is 6.03 Å². The third-order valence-corrected chi connectivity index (χ3v) is 4.39. The molecule has 1 aromatic carbocycles. The molecule has 2 saturated heterocycles. The van der Waals surface area contributed by atoms with Crippen LogP contribution in [-0.2, 0) is 4.79 Å². The number of carbonyl (C=O) groups excluding carboxylic acids is 3. The van der Waals surface area contributed by atoms with Crippen molar-refractivity contribution < 1.29 is 18.8 Å². The van der Waals surface area contributed by atoms with Gasteiger partial charge in [-0.1, -0.05) is 11.6 Å². The first kappa shape index (κ1) is 14.8. The first-order valence-corrected chi connectivity index (χ1v) is 7.17. The van der Waals surface area contributed by atoms with Crippen LogP contribution in [0.25, 0.3) is 0 Å². The molecule has 1 spiro atoms. The molecule has 2 aliphatic rings. The molecule has 116 valence electrons. The molecule has 0 unspecified atom stereocenters. The zero-order valence-electron chi connectivity index (χ0n) is 11.5. The molecule has 8 heteroatoms. The summed E-state index contributed by atoms with van der Waals surface area (Å²) in [5.74, 6) is -1.18. The fourth-order valence-electron chi connectivity index (χ4n) is 2.80. The molecule has 1 aromatic rings. The average Bonchev–Trinajstić information content (AvgIpc) is 2.73. The fourth-order valence-corrected chi connectivity index (χ4v) is 3.05. The van der Waals surface area contributed by atoms with E-state index in [1.54, 1.807) is 4.90 Å². The summed E-state index contributed by atoms with van der Waals surface area (Å²) in [6, 6.07) is 3.10. The van der Waals surface area contributed by atoms with E-state index < -0.39 is 17.4 Å². The Balaban J connectivity index is 1.72. The molecule has 2 heterocycles. The van der Waals surface area contributed by atoms with Crippen molar-refractivity contribution in [1.29, 1.82) is 0 Å². The Morgan fingerprint density at radius 3 is 2.50 bits per heavy atom. The minimum absolute atomic E-state index is 0.0530. The van der Waals surface area contributed by atoms with Gasteiger partial charge in [-0.3, -0.25) is 14.9 Å². The van der Waals surface area contributed by atoms with Crippen molar-refractivity contribution in [2.75, 3.05) is 13.1 Å². The summed E-state index contributed by atoms with van der Waals surface area (Å²) >= 11 is 5.90. The van der Waals surface area contributed by atoms with Gasteiger partial charge in [0.2, 0.25) is 0 Å². The summed E-state index contributed by atoms with van der Waals surface area (Å²) in [7, 11) is 0. The Morgan fingerprint density at radius 1 is 1.27 bits per heavy atom. The number of carbonyl (C=O) groups is 3. The number of halogens is 2. The predicted molar refractivity (Wildman–Crippen MR) is 76.0 cm³/mol. The summed E-state index contributed by atoms with van der Waals surface area (Å²) in [6.07, 6.45) is 0.657. The molecule has 4 amide bonds. The standard InChI is InChI=1S/C14H13ClFN3O3/c15-10-7-8(16)1-2-9(10)11(20)19-5-3-14(4-6-19)12(21)17-13(22)18-14/h1-2,7H,3-6H2,(H2,17,18,21,22). The van der Waals surface area contributed by atoms with Gasteiger partial charge in [0.1, 0.15) is 11.4 Å². The number of nitrogens with zero attached hydrogens (tertiary/aromatic N) is 1. The third kappa shape index (κ3) is 2.41. The van der Waals surface area contributed by atoms with Crippen LogP contribution < -0.4 is 10.6 Å². The van der Waals surface area contributed by atoms with Gasteiger partial charge in [-0.2, -0.15) is 0 Å². The fraction of sp³-hybridized carbons (Fsp3) is 0.357. The number of rotatable bonds is 1. The van der Waals surface area contributed by atoms with Crippen LogP contribution in [-0.4, -0.2) is 41.4 Å². The molecule has 0 saturated carbocycles. The number of imide groups is 1. The molecule has 0 aromatic heterocycles. The number of urea groups is 1. The van der Waals surface area contributed by atoms with Crippen LogP contribution in [0.2, 0.25) is 5.02 Å². The molecule has 22 heavy (non-hydrogen) atoms. The van der Waals surface area contributed by atoms with Crippen LogP contribution in [0, 0.1) is 5.82 Å². The Kier molecular flexibility index (Phi) is 3.52. The number of amides is 4. The van der Waals surface area contributed by atoms with Crippen molar-refractivity contribution in [3.8, 4) is 0 Å². The zero-order chi connectivity index (χ0) is 15.9. The highest BCUT2D eigenvalue weighted by Gasteiger charge is 2.48. The van der Waals surface area contributed by atoms with Gasteiger partial charge in [0.25, 0.3) is 11.8 Å². The maximum Gasteiger partial charge on any atom is 0.322 e. The van der Waals surface area contributed by atoms with Gasteiger partial charge in [0.05, 0.1) is 10.6 Å². The molecule has 2 aliphatic heterocycles. The molecule has 0 aliphatic carbocycles. The third-order valence-electron chi connectivity index (χ3n) is 4.08. The number of likely N-dealkylation sites (tertiary alicyclic amines) is 1. The Labute approximate surface area is 130 Å². The van der Waals surface area contributed by atoms with Gasteiger partial charge in [-0.25, -0.2) is 9.18 Å². The lowest BCUT2D eigenvalue weighted by Gasteiger charge is -2.37. The summed E-state index contributed by atoms with van der Waals surface area (Å²) in [5, 5.41) is 4.89. The lowest BCUT2D eigenvalue weighted by Crippen LogP contribution is -2.55. The van der Waals surface area contributed by atoms with Gasteiger partial charge in [0.15, 0.2) is 0 Å². The Morgan fingerprint density at radius 2 is 1.95 bits per heavy atom. The first-order chi connectivity index (χ1) is 10.4. The number of nitrogens with one attached hydrogen (secondary N) is 2. The normalized spacial score (nSPS) is 20.0. The number of hydrogen-bond acceptors (Lipinski definition) is 3. The van der Waals surface area contributed by atoms with E-state index in [9.17, 15) is 18.8 Å². The van der Waals surface area contributed by atoms with E-state index in [1.165, 1.54) is 12.1 Å². The van der Waals surface area contributed by atoms with Crippen LogP contribution in [0.1, 0.15) is 23.2 Å². The maximum atomic E-state index is 13.0. The highest BCUT2D eigenvalue weighted by molar-refractivity contribution is 6.33. The SMILES string of the molecule is O=C1NC(=O)C2(CCN(C(=O)c3ccc(F)cc3Cl)CC2)N1. The summed E-state index contributed by atoms with van der Waals surface area (Å²) < 4.78 is 13.0. The average molecular weight is 326 g/mol. The molecule has 0 atom stereocenters. The van der Waals surface area contributed by atoms with Gasteiger partial charge in [0, 0.05) is 13.1 Å². The van der Waals surface area contributed by atoms with Crippen molar-refractivity contribution in [3.63, 3.8) is 0 Å². The second kappa shape index (κ2) is 5.24.